The summed E-state index contributed by atoms with van der Waals surface area (Å²) in [7, 11) is 0. The van der Waals surface area contributed by atoms with Gasteiger partial charge in [-0.3, -0.25) is 15.1 Å². The molecule has 2 aromatic heterocycles. The van der Waals surface area contributed by atoms with Gasteiger partial charge in [0.1, 0.15) is 0 Å². The molecule has 1 aromatic carbocycles. The van der Waals surface area contributed by atoms with E-state index in [4.69, 9.17) is 0 Å². The van der Waals surface area contributed by atoms with Gasteiger partial charge in [0, 0.05) is 21.8 Å². The number of fused-ring (bicyclic) bond motifs is 1. The van der Waals surface area contributed by atoms with Crippen molar-refractivity contribution in [3.05, 3.63) is 46.7 Å². The predicted octanol–water partition coefficient (Wildman–Crippen LogP) is 5.02. The number of hydrogen-bond donors (Lipinski definition) is 1. The first-order valence-corrected chi connectivity index (χ1v) is 8.77. The van der Waals surface area contributed by atoms with E-state index in [1.807, 2.05) is 0 Å². The Morgan fingerprint density at radius 1 is 1.30 bits per heavy atom. The summed E-state index contributed by atoms with van der Waals surface area (Å²) in [5.74, 6) is -2.80. The Balaban J connectivity index is 1.81. The quantitative estimate of drug-likeness (QED) is 0.607. The van der Waals surface area contributed by atoms with Gasteiger partial charge in [0.2, 0.25) is 0 Å². The van der Waals surface area contributed by atoms with Gasteiger partial charge >= 0.3 is 0 Å². The molecule has 0 aliphatic carbocycles. The summed E-state index contributed by atoms with van der Waals surface area (Å²) >= 11 is 4.96. The van der Waals surface area contributed by atoms with Crippen LogP contribution in [0.15, 0.2) is 46.0 Å². The van der Waals surface area contributed by atoms with E-state index in [9.17, 15) is 13.6 Å². The number of thiazole rings is 1. The molecular formula is C14H8BrF2N3OS2. The fourth-order valence-corrected chi connectivity index (χ4v) is 3.72. The lowest BCUT2D eigenvalue weighted by Gasteiger charge is -2.00. The largest absolute Gasteiger partial charge is 0.298 e. The number of aromatic nitrogens is 2. The topological polar surface area (TPSA) is 54.9 Å². The third kappa shape index (κ3) is 4.04. The van der Waals surface area contributed by atoms with Crippen LogP contribution in [-0.4, -0.2) is 21.6 Å². The van der Waals surface area contributed by atoms with E-state index >= 15 is 0 Å². The van der Waals surface area contributed by atoms with Gasteiger partial charge in [-0.15, -0.1) is 0 Å². The summed E-state index contributed by atoms with van der Waals surface area (Å²) in [5, 5.41) is 3.09. The first kappa shape index (κ1) is 16.3. The van der Waals surface area contributed by atoms with E-state index in [-0.39, 0.29) is 5.91 Å². The minimum atomic E-state index is -2.47. The lowest BCUT2D eigenvalue weighted by Crippen LogP contribution is -2.11. The summed E-state index contributed by atoms with van der Waals surface area (Å²) < 4.78 is 26.2. The van der Waals surface area contributed by atoms with Crippen molar-refractivity contribution in [2.24, 2.45) is 0 Å². The number of alkyl halides is 2. The van der Waals surface area contributed by atoms with Crippen LogP contribution in [0, 0.1) is 0 Å². The number of benzene rings is 1. The number of carbonyl (C=O) groups is 1. The Morgan fingerprint density at radius 2 is 2.13 bits per heavy atom. The second-order valence-electron chi connectivity index (χ2n) is 4.37. The number of carbonyl (C=O) groups excluding carboxylic acids is 1. The number of hydrogen-bond acceptors (Lipinski definition) is 5. The van der Waals surface area contributed by atoms with Crippen molar-refractivity contribution < 1.29 is 13.6 Å². The minimum absolute atomic E-state index is 0.333. The first-order chi connectivity index (χ1) is 11.0. The summed E-state index contributed by atoms with van der Waals surface area (Å²) in [6, 6.07) is 6.53. The summed E-state index contributed by atoms with van der Waals surface area (Å²) in [5.41, 5.74) is 1.05. The lowest BCUT2D eigenvalue weighted by atomic mass is 10.3. The van der Waals surface area contributed by atoms with Crippen molar-refractivity contribution in [2.75, 3.05) is 5.32 Å². The van der Waals surface area contributed by atoms with Gasteiger partial charge in [-0.2, -0.15) is 8.78 Å². The van der Waals surface area contributed by atoms with Gasteiger partial charge in [0.05, 0.1) is 15.8 Å². The fraction of sp³-hybridized carbons (Fsp3) is 0.0714. The molecule has 0 radical (unpaired) electrons. The Labute approximate surface area is 146 Å². The summed E-state index contributed by atoms with van der Waals surface area (Å²) in [6.07, 6.45) is 3.03. The van der Waals surface area contributed by atoms with Crippen molar-refractivity contribution in [1.29, 1.82) is 0 Å². The van der Waals surface area contributed by atoms with Crippen LogP contribution in [0.5, 0.6) is 0 Å². The van der Waals surface area contributed by atoms with Crippen LogP contribution in [0.4, 0.5) is 13.9 Å². The summed E-state index contributed by atoms with van der Waals surface area (Å²) in [6.45, 7) is 0. The Hall–Kier alpha value is -1.58. The number of halogens is 3. The SMILES string of the molecule is O=C(Nc1nc2ccc(SC(F)F)cc2s1)c1cncc(Br)c1. The molecular weight excluding hydrogens is 408 g/mol. The molecule has 118 valence electrons. The van der Waals surface area contributed by atoms with Gasteiger partial charge in [0.15, 0.2) is 5.13 Å². The van der Waals surface area contributed by atoms with E-state index < -0.39 is 5.76 Å². The predicted molar refractivity (Wildman–Crippen MR) is 91.4 cm³/mol. The maximum Gasteiger partial charge on any atom is 0.288 e. The van der Waals surface area contributed by atoms with Gasteiger partial charge in [-0.05, 0) is 40.2 Å². The van der Waals surface area contributed by atoms with Crippen LogP contribution in [0.25, 0.3) is 10.2 Å². The Kier molecular flexibility index (Phi) is 4.88. The van der Waals surface area contributed by atoms with Crippen LogP contribution in [0.3, 0.4) is 0 Å². The highest BCUT2D eigenvalue weighted by Crippen LogP contribution is 2.32. The molecule has 0 unspecified atom stereocenters. The van der Waals surface area contributed by atoms with Crippen molar-refractivity contribution in [3.63, 3.8) is 0 Å². The number of pyridine rings is 1. The van der Waals surface area contributed by atoms with E-state index in [1.54, 1.807) is 30.5 Å². The molecule has 0 aliphatic heterocycles. The zero-order chi connectivity index (χ0) is 16.4. The molecule has 0 spiro atoms. The van der Waals surface area contributed by atoms with E-state index in [0.29, 0.717) is 37.3 Å². The van der Waals surface area contributed by atoms with Crippen LogP contribution in [0.1, 0.15) is 10.4 Å². The van der Waals surface area contributed by atoms with Gasteiger partial charge < -0.3 is 0 Å². The van der Waals surface area contributed by atoms with Gasteiger partial charge in [-0.25, -0.2) is 4.98 Å². The fourth-order valence-electron chi connectivity index (χ4n) is 1.84. The molecule has 3 aromatic rings. The maximum atomic E-state index is 12.4. The Bertz CT molecular complexity index is 872. The highest BCUT2D eigenvalue weighted by molar-refractivity contribution is 9.10. The van der Waals surface area contributed by atoms with Crippen molar-refractivity contribution >= 4 is 60.3 Å². The highest BCUT2D eigenvalue weighted by Gasteiger charge is 2.12. The molecule has 3 rings (SSSR count). The van der Waals surface area contributed by atoms with E-state index in [2.05, 4.69) is 31.2 Å². The van der Waals surface area contributed by atoms with Crippen molar-refractivity contribution in [3.8, 4) is 0 Å². The second kappa shape index (κ2) is 6.90. The third-order valence-corrected chi connectivity index (χ3v) is 4.84. The molecule has 2 heterocycles. The zero-order valence-corrected chi connectivity index (χ0v) is 14.5. The summed E-state index contributed by atoms with van der Waals surface area (Å²) in [4.78, 5) is 20.8. The van der Waals surface area contributed by atoms with Crippen LogP contribution < -0.4 is 5.32 Å². The molecule has 0 fully saturated rings. The standard InChI is InChI=1S/C14H8BrF2N3OS2/c15-8-3-7(5-18-6-8)12(21)20-14-19-10-2-1-9(22-13(16)17)4-11(10)23-14/h1-6,13H,(H,19,20,21). The first-order valence-electron chi connectivity index (χ1n) is 6.28. The smallest absolute Gasteiger partial charge is 0.288 e. The number of thioether (sulfide) groups is 1. The average molecular weight is 416 g/mol. The number of nitrogens with zero attached hydrogens (tertiary/aromatic N) is 2. The van der Waals surface area contributed by atoms with Crippen LogP contribution in [-0.2, 0) is 0 Å². The molecule has 0 bridgehead atoms. The molecule has 1 amide bonds. The van der Waals surface area contributed by atoms with Gasteiger partial charge in [0.25, 0.3) is 11.7 Å². The lowest BCUT2D eigenvalue weighted by molar-refractivity contribution is 0.102. The van der Waals surface area contributed by atoms with Crippen LogP contribution in [0.2, 0.25) is 0 Å². The molecule has 0 aliphatic rings. The van der Waals surface area contributed by atoms with Crippen molar-refractivity contribution in [2.45, 2.75) is 10.7 Å². The molecule has 1 N–H and O–H groups in total. The molecule has 0 saturated carbocycles. The van der Waals surface area contributed by atoms with Gasteiger partial charge in [-0.1, -0.05) is 23.1 Å². The maximum absolute atomic E-state index is 12.4. The Morgan fingerprint density at radius 3 is 2.87 bits per heavy atom. The molecule has 0 saturated heterocycles. The second-order valence-corrected chi connectivity index (χ2v) is 7.38. The van der Waals surface area contributed by atoms with E-state index in [1.165, 1.54) is 17.5 Å². The number of anilines is 1. The highest BCUT2D eigenvalue weighted by atomic mass is 79.9. The number of nitrogens with one attached hydrogen (secondary N) is 1. The molecule has 23 heavy (non-hydrogen) atoms. The normalized spacial score (nSPS) is 11.1. The molecule has 4 nitrogen and oxygen atoms in total. The van der Waals surface area contributed by atoms with Crippen molar-refractivity contribution in [1.82, 2.24) is 9.97 Å². The zero-order valence-electron chi connectivity index (χ0n) is 11.3. The van der Waals surface area contributed by atoms with Crippen LogP contribution >= 0.6 is 39.0 Å². The third-order valence-electron chi connectivity index (χ3n) is 2.77. The molecule has 9 heteroatoms. The molecule has 0 atom stereocenters. The number of amides is 1. The monoisotopic (exact) mass is 415 g/mol. The number of rotatable bonds is 4. The van der Waals surface area contributed by atoms with E-state index in [0.717, 1.165) is 4.70 Å². The minimum Gasteiger partial charge on any atom is -0.298 e. The average Bonchev–Trinajstić information content (AvgIpc) is 2.88.